The van der Waals surface area contributed by atoms with E-state index in [1.54, 1.807) is 13.0 Å². The van der Waals surface area contributed by atoms with Crippen LogP contribution in [0.3, 0.4) is 0 Å². The second-order valence-electron chi connectivity index (χ2n) is 4.17. The third-order valence-corrected chi connectivity index (χ3v) is 2.46. The minimum absolute atomic E-state index is 0.110. The second kappa shape index (κ2) is 4.49. The number of amides is 1. The fourth-order valence-electron chi connectivity index (χ4n) is 1.13. The average Bonchev–Trinajstić information content (AvgIpc) is 2.21. The highest BCUT2D eigenvalue weighted by Gasteiger charge is 2.54. The van der Waals surface area contributed by atoms with Crippen LogP contribution in [-0.4, -0.2) is 22.7 Å². The maximum atomic E-state index is 12.5. The summed E-state index contributed by atoms with van der Waals surface area (Å²) < 4.78 is 37.6. The summed E-state index contributed by atoms with van der Waals surface area (Å²) in [6.45, 7) is 2.23. The number of nitrogens with one attached hydrogen (secondary N) is 1. The standard InChI is InChI=1S/C11H13F3N2O2/c1-6-3-4-8(17)7(5-6)16-9(18)10(2,15)11(12,13)14/h3-5,17H,15H2,1-2H3,(H,16,18). The minimum atomic E-state index is -4.88. The Morgan fingerprint density at radius 2 is 1.94 bits per heavy atom. The van der Waals surface area contributed by atoms with E-state index in [0.29, 0.717) is 12.5 Å². The summed E-state index contributed by atoms with van der Waals surface area (Å²) >= 11 is 0. The molecule has 0 aliphatic carbocycles. The van der Waals surface area contributed by atoms with Crippen molar-refractivity contribution in [3.05, 3.63) is 23.8 Å². The Morgan fingerprint density at radius 3 is 2.44 bits per heavy atom. The van der Waals surface area contributed by atoms with E-state index in [1.165, 1.54) is 12.1 Å². The Kier molecular flexibility index (Phi) is 3.57. The monoisotopic (exact) mass is 262 g/mol. The first-order chi connectivity index (χ1) is 8.05. The first kappa shape index (κ1) is 14.3. The van der Waals surface area contributed by atoms with Gasteiger partial charge < -0.3 is 16.2 Å². The topological polar surface area (TPSA) is 75.3 Å². The van der Waals surface area contributed by atoms with E-state index in [-0.39, 0.29) is 11.4 Å². The van der Waals surface area contributed by atoms with Crippen molar-refractivity contribution in [3.8, 4) is 5.75 Å². The Balaban J connectivity index is 2.98. The Morgan fingerprint density at radius 1 is 1.39 bits per heavy atom. The third kappa shape index (κ3) is 2.73. The van der Waals surface area contributed by atoms with Crippen LogP contribution in [0, 0.1) is 6.92 Å². The number of carbonyl (C=O) groups is 1. The normalized spacial score (nSPS) is 15.0. The number of benzene rings is 1. The lowest BCUT2D eigenvalue weighted by atomic mass is 10.0. The maximum absolute atomic E-state index is 12.5. The van der Waals surface area contributed by atoms with Crippen molar-refractivity contribution in [2.24, 2.45) is 5.73 Å². The van der Waals surface area contributed by atoms with Gasteiger partial charge in [-0.3, -0.25) is 4.79 Å². The Hall–Kier alpha value is -1.76. The number of halogens is 3. The molecule has 1 aromatic rings. The molecule has 0 saturated heterocycles. The van der Waals surface area contributed by atoms with E-state index in [9.17, 15) is 23.1 Å². The largest absolute Gasteiger partial charge is 0.506 e. The highest BCUT2D eigenvalue weighted by Crippen LogP contribution is 2.31. The number of phenolic OH excluding ortho intramolecular Hbond substituents is 1. The molecule has 1 atom stereocenters. The summed E-state index contributed by atoms with van der Waals surface area (Å²) in [5.74, 6) is -1.76. The van der Waals surface area contributed by atoms with Crippen LogP contribution in [0.5, 0.6) is 5.75 Å². The molecule has 4 nitrogen and oxygen atoms in total. The highest BCUT2D eigenvalue weighted by atomic mass is 19.4. The van der Waals surface area contributed by atoms with Crippen molar-refractivity contribution < 1.29 is 23.1 Å². The molecule has 1 aromatic carbocycles. The second-order valence-corrected chi connectivity index (χ2v) is 4.17. The lowest BCUT2D eigenvalue weighted by Crippen LogP contribution is -2.59. The predicted octanol–water partition coefficient (Wildman–Crippen LogP) is 1.92. The summed E-state index contributed by atoms with van der Waals surface area (Å²) in [4.78, 5) is 11.5. The number of aryl methyl sites for hydroxylation is 1. The molecule has 0 spiro atoms. The molecule has 0 saturated carbocycles. The molecule has 18 heavy (non-hydrogen) atoms. The van der Waals surface area contributed by atoms with Gasteiger partial charge in [-0.1, -0.05) is 6.07 Å². The van der Waals surface area contributed by atoms with Crippen LogP contribution in [0.2, 0.25) is 0 Å². The molecule has 1 unspecified atom stereocenters. The van der Waals surface area contributed by atoms with E-state index < -0.39 is 17.6 Å². The molecule has 4 N–H and O–H groups in total. The van der Waals surface area contributed by atoms with Crippen molar-refractivity contribution in [1.82, 2.24) is 0 Å². The minimum Gasteiger partial charge on any atom is -0.506 e. The number of hydrogen-bond acceptors (Lipinski definition) is 3. The van der Waals surface area contributed by atoms with Gasteiger partial charge in [-0.25, -0.2) is 0 Å². The van der Waals surface area contributed by atoms with E-state index in [1.807, 2.05) is 5.32 Å². The van der Waals surface area contributed by atoms with Crippen molar-refractivity contribution in [3.63, 3.8) is 0 Å². The summed E-state index contributed by atoms with van der Waals surface area (Å²) in [6, 6.07) is 4.17. The number of alkyl halides is 3. The maximum Gasteiger partial charge on any atom is 0.415 e. The number of anilines is 1. The van der Waals surface area contributed by atoms with Gasteiger partial charge in [0.25, 0.3) is 5.91 Å². The van der Waals surface area contributed by atoms with Gasteiger partial charge in [0.15, 0.2) is 5.54 Å². The number of aromatic hydroxyl groups is 1. The molecule has 0 radical (unpaired) electrons. The van der Waals surface area contributed by atoms with Gasteiger partial charge in [-0.2, -0.15) is 13.2 Å². The van der Waals surface area contributed by atoms with Crippen LogP contribution in [-0.2, 0) is 4.79 Å². The van der Waals surface area contributed by atoms with Crippen molar-refractivity contribution in [2.75, 3.05) is 5.32 Å². The van der Waals surface area contributed by atoms with Gasteiger partial charge >= 0.3 is 6.18 Å². The van der Waals surface area contributed by atoms with E-state index in [0.717, 1.165) is 0 Å². The lowest BCUT2D eigenvalue weighted by Gasteiger charge is -2.26. The first-order valence-corrected chi connectivity index (χ1v) is 5.02. The molecule has 7 heteroatoms. The van der Waals surface area contributed by atoms with E-state index in [2.05, 4.69) is 0 Å². The molecule has 1 amide bonds. The smallest absolute Gasteiger partial charge is 0.415 e. The molecule has 0 aliphatic heterocycles. The molecule has 0 aromatic heterocycles. The number of hydrogen-bond donors (Lipinski definition) is 3. The van der Waals surface area contributed by atoms with Gasteiger partial charge in [0.2, 0.25) is 0 Å². The molecule has 0 heterocycles. The first-order valence-electron chi connectivity index (χ1n) is 5.02. The van der Waals surface area contributed by atoms with Crippen LogP contribution in [0.15, 0.2) is 18.2 Å². The van der Waals surface area contributed by atoms with E-state index in [4.69, 9.17) is 5.73 Å². The van der Waals surface area contributed by atoms with Crippen LogP contribution in [0.1, 0.15) is 12.5 Å². The number of carbonyl (C=O) groups excluding carboxylic acids is 1. The van der Waals surface area contributed by atoms with Crippen LogP contribution in [0.4, 0.5) is 18.9 Å². The summed E-state index contributed by atoms with van der Waals surface area (Å²) in [6.07, 6.45) is -4.88. The zero-order valence-electron chi connectivity index (χ0n) is 9.80. The zero-order chi connectivity index (χ0) is 14.1. The van der Waals surface area contributed by atoms with Gasteiger partial charge in [-0.05, 0) is 31.5 Å². The van der Waals surface area contributed by atoms with Gasteiger partial charge in [0.1, 0.15) is 5.75 Å². The van der Waals surface area contributed by atoms with Gasteiger partial charge in [-0.15, -0.1) is 0 Å². The van der Waals surface area contributed by atoms with E-state index >= 15 is 0 Å². The summed E-state index contributed by atoms with van der Waals surface area (Å²) in [5, 5.41) is 11.4. The SMILES string of the molecule is Cc1ccc(O)c(NC(=O)C(C)(N)C(F)(F)F)c1. The molecule has 0 aliphatic rings. The third-order valence-electron chi connectivity index (χ3n) is 2.46. The molecule has 100 valence electrons. The quantitative estimate of drug-likeness (QED) is 0.713. The summed E-state index contributed by atoms with van der Waals surface area (Å²) in [7, 11) is 0. The Labute approximate surface area is 102 Å². The fourth-order valence-corrected chi connectivity index (χ4v) is 1.13. The number of nitrogens with two attached hydrogens (primary N) is 1. The number of rotatable bonds is 2. The van der Waals surface area contributed by atoms with Crippen LogP contribution < -0.4 is 11.1 Å². The van der Waals surface area contributed by atoms with Gasteiger partial charge in [0.05, 0.1) is 5.69 Å². The van der Waals surface area contributed by atoms with Crippen LogP contribution in [0.25, 0.3) is 0 Å². The average molecular weight is 262 g/mol. The van der Waals surface area contributed by atoms with Crippen molar-refractivity contribution in [1.29, 1.82) is 0 Å². The Bertz CT molecular complexity index is 470. The highest BCUT2D eigenvalue weighted by molar-refractivity contribution is 5.99. The summed E-state index contributed by atoms with van der Waals surface area (Å²) in [5.41, 5.74) is 2.49. The molecular formula is C11H13F3N2O2. The van der Waals surface area contributed by atoms with Gasteiger partial charge in [0, 0.05) is 0 Å². The molecule has 0 fully saturated rings. The fraction of sp³-hybridized carbons (Fsp3) is 0.364. The van der Waals surface area contributed by atoms with Crippen molar-refractivity contribution >= 4 is 11.6 Å². The predicted molar refractivity (Wildman–Crippen MR) is 60.1 cm³/mol. The zero-order valence-corrected chi connectivity index (χ0v) is 9.80. The molecular weight excluding hydrogens is 249 g/mol. The molecule has 1 rings (SSSR count). The van der Waals surface area contributed by atoms with Crippen molar-refractivity contribution in [2.45, 2.75) is 25.6 Å². The molecule has 0 bridgehead atoms. The lowest BCUT2D eigenvalue weighted by molar-refractivity contribution is -0.184. The van der Waals surface area contributed by atoms with Crippen LogP contribution >= 0.6 is 0 Å². The number of phenols is 1.